The number of aromatic nitrogens is 2. The molecule has 3 aliphatic rings. The first-order chi connectivity index (χ1) is 17.7. The summed E-state index contributed by atoms with van der Waals surface area (Å²) in [6.07, 6.45) is -1.77. The molecule has 2 fully saturated rings. The lowest BCUT2D eigenvalue weighted by molar-refractivity contribution is -0.155. The van der Waals surface area contributed by atoms with E-state index in [0.717, 1.165) is 28.9 Å². The molecule has 3 aromatic rings. The zero-order valence-electron chi connectivity index (χ0n) is 19.9. The second kappa shape index (κ2) is 8.54. The van der Waals surface area contributed by atoms with Crippen LogP contribution in [0.15, 0.2) is 36.4 Å². The predicted molar refractivity (Wildman–Crippen MR) is 131 cm³/mol. The van der Waals surface area contributed by atoms with E-state index in [0.29, 0.717) is 22.1 Å². The summed E-state index contributed by atoms with van der Waals surface area (Å²) in [5, 5.41) is 25.3. The molecule has 37 heavy (non-hydrogen) atoms. The number of aliphatic hydroxyl groups is 1. The highest BCUT2D eigenvalue weighted by molar-refractivity contribution is 7.17. The van der Waals surface area contributed by atoms with Crippen molar-refractivity contribution in [3.63, 3.8) is 0 Å². The number of halogens is 2. The first kappa shape index (κ1) is 23.9. The molecule has 5 atom stereocenters. The average molecular weight is 528 g/mol. The quantitative estimate of drug-likeness (QED) is 0.469. The van der Waals surface area contributed by atoms with E-state index in [1.165, 1.54) is 17.4 Å². The van der Waals surface area contributed by atoms with E-state index in [1.54, 1.807) is 0 Å². The number of ether oxygens (including phenoxy) is 1. The number of urea groups is 1. The Morgan fingerprint density at radius 2 is 1.78 bits per heavy atom. The van der Waals surface area contributed by atoms with Crippen LogP contribution >= 0.6 is 11.3 Å². The standard InChI is InChI=1S/C25H23F2N5O4S/c1-11-10-32-18-6-4-13(20-30-31-21(37-20)14-3-5-16(26)17(27)8-14)7-15(18)9-25(19(32)12(2)36-11)22(33)28-24(35)29-23(25)34/h3-8,11-12,19,22,33H,9-10H2,1-2H3,(H2,28,29,34,35)/t11-,12+,19-,22?,25+/m1/s1. The number of anilines is 1. The topological polar surface area (TPSA) is 117 Å². The van der Waals surface area contributed by atoms with Crippen molar-refractivity contribution in [2.75, 3.05) is 11.4 Å². The minimum Gasteiger partial charge on any atom is -0.372 e. The molecule has 3 aliphatic heterocycles. The monoisotopic (exact) mass is 527 g/mol. The van der Waals surface area contributed by atoms with Gasteiger partial charge in [-0.25, -0.2) is 13.6 Å². The van der Waals surface area contributed by atoms with Gasteiger partial charge >= 0.3 is 6.03 Å². The number of aliphatic hydroxyl groups excluding tert-OH is 1. The van der Waals surface area contributed by atoms with Crippen LogP contribution in [-0.2, 0) is 16.0 Å². The number of nitrogens with zero attached hydrogens (tertiary/aromatic N) is 3. The molecule has 4 heterocycles. The van der Waals surface area contributed by atoms with Crippen molar-refractivity contribution in [3.05, 3.63) is 53.6 Å². The van der Waals surface area contributed by atoms with Gasteiger partial charge in [-0.05, 0) is 62.2 Å². The molecule has 12 heteroatoms. The number of carbonyl (C=O) groups excluding carboxylic acids is 2. The van der Waals surface area contributed by atoms with Gasteiger partial charge in [0.1, 0.15) is 21.7 Å². The smallest absolute Gasteiger partial charge is 0.323 e. The summed E-state index contributed by atoms with van der Waals surface area (Å²) in [4.78, 5) is 27.4. The summed E-state index contributed by atoms with van der Waals surface area (Å²) < 4.78 is 33.1. The summed E-state index contributed by atoms with van der Waals surface area (Å²) in [6.45, 7) is 4.31. The lowest BCUT2D eigenvalue weighted by atomic mass is 9.66. The summed E-state index contributed by atoms with van der Waals surface area (Å²) in [7, 11) is 0. The maximum atomic E-state index is 13.7. The van der Waals surface area contributed by atoms with Gasteiger partial charge in [-0.15, -0.1) is 10.2 Å². The number of nitrogens with one attached hydrogen (secondary N) is 2. The highest BCUT2D eigenvalue weighted by atomic mass is 32.1. The second-order valence-corrected chi connectivity index (χ2v) is 10.7. The van der Waals surface area contributed by atoms with Crippen molar-refractivity contribution in [3.8, 4) is 21.1 Å². The van der Waals surface area contributed by atoms with E-state index in [4.69, 9.17) is 4.74 Å². The summed E-state index contributed by atoms with van der Waals surface area (Å²) in [6, 6.07) is 8.04. The van der Waals surface area contributed by atoms with Crippen LogP contribution in [0.4, 0.5) is 19.3 Å². The Balaban J connectivity index is 1.42. The molecular formula is C25H23F2N5O4S. The third-order valence-electron chi connectivity index (χ3n) is 7.32. The average Bonchev–Trinajstić information content (AvgIpc) is 3.34. The molecule has 3 amide bonds. The summed E-state index contributed by atoms with van der Waals surface area (Å²) in [5.74, 6) is -2.46. The van der Waals surface area contributed by atoms with Gasteiger partial charge in [0.25, 0.3) is 0 Å². The molecule has 1 spiro atoms. The van der Waals surface area contributed by atoms with Gasteiger partial charge in [0.05, 0.1) is 18.2 Å². The van der Waals surface area contributed by atoms with Crippen LogP contribution < -0.4 is 15.5 Å². The van der Waals surface area contributed by atoms with Crippen LogP contribution in [0.3, 0.4) is 0 Å². The zero-order valence-corrected chi connectivity index (χ0v) is 20.7. The van der Waals surface area contributed by atoms with E-state index in [1.807, 2.05) is 32.0 Å². The molecule has 0 saturated carbocycles. The molecule has 3 N–H and O–H groups in total. The van der Waals surface area contributed by atoms with E-state index < -0.39 is 47.4 Å². The van der Waals surface area contributed by atoms with Gasteiger partial charge in [-0.3, -0.25) is 10.1 Å². The maximum absolute atomic E-state index is 13.7. The van der Waals surface area contributed by atoms with Gasteiger partial charge < -0.3 is 20.1 Å². The number of hydrogen-bond acceptors (Lipinski definition) is 8. The lowest BCUT2D eigenvalue weighted by Gasteiger charge is -2.57. The van der Waals surface area contributed by atoms with Crippen molar-refractivity contribution in [1.82, 2.24) is 20.8 Å². The number of morpholine rings is 1. The van der Waals surface area contributed by atoms with Crippen molar-refractivity contribution in [1.29, 1.82) is 0 Å². The largest absolute Gasteiger partial charge is 0.372 e. The van der Waals surface area contributed by atoms with Crippen molar-refractivity contribution >= 4 is 29.0 Å². The molecular weight excluding hydrogens is 504 g/mol. The molecule has 0 radical (unpaired) electrons. The molecule has 6 rings (SSSR count). The van der Waals surface area contributed by atoms with Gasteiger partial charge in [0.15, 0.2) is 11.6 Å². The number of amides is 3. The van der Waals surface area contributed by atoms with Crippen LogP contribution in [-0.4, -0.2) is 58.3 Å². The molecule has 192 valence electrons. The lowest BCUT2D eigenvalue weighted by Crippen LogP contribution is -2.76. The van der Waals surface area contributed by atoms with Crippen LogP contribution in [0.5, 0.6) is 0 Å². The second-order valence-electron chi connectivity index (χ2n) is 9.68. The molecule has 2 aromatic carbocycles. The molecule has 2 saturated heterocycles. The van der Waals surface area contributed by atoms with Gasteiger partial charge in [-0.1, -0.05) is 11.3 Å². The van der Waals surface area contributed by atoms with E-state index in [9.17, 15) is 23.5 Å². The van der Waals surface area contributed by atoms with E-state index in [2.05, 4.69) is 25.7 Å². The summed E-state index contributed by atoms with van der Waals surface area (Å²) >= 11 is 1.23. The van der Waals surface area contributed by atoms with Crippen molar-refractivity contribution < 1.29 is 28.2 Å². The number of rotatable bonds is 2. The molecule has 9 nitrogen and oxygen atoms in total. The third kappa shape index (κ3) is 3.70. The number of benzene rings is 2. The van der Waals surface area contributed by atoms with Crippen molar-refractivity contribution in [2.45, 2.75) is 44.7 Å². The van der Waals surface area contributed by atoms with Crippen molar-refractivity contribution in [2.24, 2.45) is 5.41 Å². The summed E-state index contributed by atoms with van der Waals surface area (Å²) in [5.41, 5.74) is 1.46. The Kier molecular flexibility index (Phi) is 5.51. The fourth-order valence-corrected chi connectivity index (χ4v) is 6.66. The Morgan fingerprint density at radius 1 is 1.08 bits per heavy atom. The first-order valence-corrected chi connectivity index (χ1v) is 12.6. The molecule has 1 aromatic heterocycles. The highest BCUT2D eigenvalue weighted by Gasteiger charge is 2.62. The fraction of sp³-hybridized carbons (Fsp3) is 0.360. The minimum absolute atomic E-state index is 0.117. The molecule has 0 bridgehead atoms. The molecule has 1 unspecified atom stereocenters. The van der Waals surface area contributed by atoms with Gasteiger partial charge in [0.2, 0.25) is 5.91 Å². The third-order valence-corrected chi connectivity index (χ3v) is 8.35. The fourth-order valence-electron chi connectivity index (χ4n) is 5.82. The number of carbonyl (C=O) groups is 2. The number of imide groups is 1. The van der Waals surface area contributed by atoms with E-state index in [-0.39, 0.29) is 12.5 Å². The first-order valence-electron chi connectivity index (χ1n) is 11.8. The predicted octanol–water partition coefficient (Wildman–Crippen LogP) is 2.83. The highest BCUT2D eigenvalue weighted by Crippen LogP contribution is 2.48. The Labute approximate surface area is 214 Å². The van der Waals surface area contributed by atoms with E-state index >= 15 is 0 Å². The number of fused-ring (bicyclic) bond motifs is 4. The van der Waals surface area contributed by atoms with Crippen LogP contribution in [0.25, 0.3) is 21.1 Å². The number of hydrogen-bond donors (Lipinski definition) is 3. The Hall–Kier alpha value is -3.48. The van der Waals surface area contributed by atoms with Crippen LogP contribution in [0.2, 0.25) is 0 Å². The van der Waals surface area contributed by atoms with Crippen LogP contribution in [0.1, 0.15) is 19.4 Å². The van der Waals surface area contributed by atoms with Crippen LogP contribution in [0, 0.1) is 17.0 Å². The SMILES string of the molecule is C[C@@H]1CN2c3ccc(-c4nnc(-c5ccc(F)c(F)c5)s4)cc3C[C@]3(C(=O)NC(=O)NC3O)[C@H]2[C@H](C)O1. The normalized spacial score (nSPS) is 28.9. The van der Waals surface area contributed by atoms with Gasteiger partial charge in [0, 0.05) is 23.4 Å². The minimum atomic E-state index is -1.42. The Bertz CT molecular complexity index is 1430. The molecule has 0 aliphatic carbocycles. The zero-order chi connectivity index (χ0) is 26.1. The maximum Gasteiger partial charge on any atom is 0.323 e. The van der Waals surface area contributed by atoms with Gasteiger partial charge in [-0.2, -0.15) is 0 Å². The Morgan fingerprint density at radius 3 is 2.49 bits per heavy atom.